The van der Waals surface area contributed by atoms with Crippen LogP contribution in [-0.2, 0) is 26.5 Å². The topological polar surface area (TPSA) is 57.8 Å². The van der Waals surface area contributed by atoms with Crippen molar-refractivity contribution in [3.8, 4) is 34.3 Å². The van der Waals surface area contributed by atoms with E-state index in [1.807, 2.05) is 66.9 Å². The number of hydrogen-bond acceptors (Lipinski definition) is 4. The average Bonchev–Trinajstić information content (AvgIpc) is 3.66. The molecule has 218 valence electrons. The molecular formula is C38H25N5OPt. The van der Waals surface area contributed by atoms with Crippen LogP contribution < -0.4 is 4.74 Å². The Morgan fingerprint density at radius 3 is 2.31 bits per heavy atom. The van der Waals surface area contributed by atoms with Crippen molar-refractivity contribution in [3.05, 3.63) is 139 Å². The van der Waals surface area contributed by atoms with E-state index in [0.717, 1.165) is 55.7 Å². The predicted octanol–water partition coefficient (Wildman–Crippen LogP) is 8.61. The van der Waals surface area contributed by atoms with Gasteiger partial charge < -0.3 is 14.3 Å². The molecule has 0 atom stereocenters. The molecule has 0 bridgehead atoms. The van der Waals surface area contributed by atoms with Gasteiger partial charge in [0.2, 0.25) is 0 Å². The van der Waals surface area contributed by atoms with Crippen LogP contribution >= 0.6 is 0 Å². The van der Waals surface area contributed by atoms with Gasteiger partial charge in [-0.15, -0.1) is 41.3 Å². The van der Waals surface area contributed by atoms with E-state index in [-0.39, 0.29) is 26.5 Å². The van der Waals surface area contributed by atoms with Gasteiger partial charge in [-0.2, -0.15) is 6.07 Å². The van der Waals surface area contributed by atoms with Crippen molar-refractivity contribution in [2.45, 2.75) is 19.3 Å². The summed E-state index contributed by atoms with van der Waals surface area (Å²) in [4.78, 5) is 14.4. The van der Waals surface area contributed by atoms with Crippen LogP contribution in [0.15, 0.2) is 116 Å². The number of para-hydroxylation sites is 1. The SMILES string of the molecule is CC1(C)c2ccccc2-n2c1nc1cc3c(cc12)c1ccc(Oc2[c-]c(-c4ccccn4)ccc2)[c-]c1n3-c1ccccn1.[Pt+2]. The average molecular weight is 763 g/mol. The van der Waals surface area contributed by atoms with Gasteiger partial charge in [0.15, 0.2) is 0 Å². The number of aromatic nitrogens is 5. The molecule has 5 heterocycles. The molecule has 8 aromatic rings. The third-order valence-corrected chi connectivity index (χ3v) is 8.61. The van der Waals surface area contributed by atoms with Crippen molar-refractivity contribution in [1.29, 1.82) is 0 Å². The molecule has 9 rings (SSSR count). The summed E-state index contributed by atoms with van der Waals surface area (Å²) in [6.07, 6.45) is 3.59. The van der Waals surface area contributed by atoms with Gasteiger partial charge in [0.1, 0.15) is 11.6 Å². The molecule has 1 aliphatic heterocycles. The summed E-state index contributed by atoms with van der Waals surface area (Å²) in [7, 11) is 0. The maximum atomic E-state index is 6.33. The molecule has 4 aromatic carbocycles. The molecule has 6 nitrogen and oxygen atoms in total. The van der Waals surface area contributed by atoms with Crippen molar-refractivity contribution in [3.63, 3.8) is 0 Å². The molecule has 7 heteroatoms. The second-order valence-corrected chi connectivity index (χ2v) is 11.6. The molecule has 0 fully saturated rings. The van der Waals surface area contributed by atoms with Crippen molar-refractivity contribution in [1.82, 2.24) is 24.1 Å². The number of hydrogen-bond donors (Lipinski definition) is 0. The third-order valence-electron chi connectivity index (χ3n) is 8.61. The van der Waals surface area contributed by atoms with Crippen LogP contribution in [0.1, 0.15) is 25.2 Å². The first-order chi connectivity index (χ1) is 21.6. The van der Waals surface area contributed by atoms with Crippen molar-refractivity contribution in [2.24, 2.45) is 0 Å². The molecule has 0 radical (unpaired) electrons. The minimum atomic E-state index is -0.191. The fraction of sp³-hybridized carbons (Fsp3) is 0.0789. The zero-order valence-corrected chi connectivity index (χ0v) is 26.7. The molecule has 0 aliphatic carbocycles. The van der Waals surface area contributed by atoms with Gasteiger partial charge >= 0.3 is 21.1 Å². The summed E-state index contributed by atoms with van der Waals surface area (Å²) in [5, 5.41) is 2.17. The zero-order chi connectivity index (χ0) is 29.4. The molecule has 0 saturated heterocycles. The van der Waals surface area contributed by atoms with Crippen molar-refractivity contribution < 1.29 is 25.8 Å². The minimum Gasteiger partial charge on any atom is -0.503 e. The fourth-order valence-corrected chi connectivity index (χ4v) is 6.55. The van der Waals surface area contributed by atoms with Gasteiger partial charge in [0.25, 0.3) is 0 Å². The van der Waals surface area contributed by atoms with Crippen LogP contribution in [0.3, 0.4) is 0 Å². The Morgan fingerprint density at radius 1 is 0.689 bits per heavy atom. The second-order valence-electron chi connectivity index (χ2n) is 11.6. The predicted molar refractivity (Wildman–Crippen MR) is 173 cm³/mol. The first-order valence-corrected chi connectivity index (χ1v) is 14.6. The van der Waals surface area contributed by atoms with E-state index < -0.39 is 0 Å². The van der Waals surface area contributed by atoms with E-state index in [1.165, 1.54) is 11.3 Å². The molecule has 45 heavy (non-hydrogen) atoms. The maximum Gasteiger partial charge on any atom is 2.00 e. The Hall–Kier alpha value is -5.06. The molecule has 1 aliphatic rings. The maximum absolute atomic E-state index is 6.33. The second kappa shape index (κ2) is 10.3. The Labute approximate surface area is 274 Å². The van der Waals surface area contributed by atoms with Gasteiger partial charge in [-0.05, 0) is 66.9 Å². The van der Waals surface area contributed by atoms with Crippen LogP contribution in [-0.4, -0.2) is 24.1 Å². The van der Waals surface area contributed by atoms with Gasteiger partial charge in [-0.25, -0.2) is 9.97 Å². The van der Waals surface area contributed by atoms with E-state index in [2.05, 4.69) is 82.6 Å². The fourth-order valence-electron chi connectivity index (χ4n) is 6.55. The van der Waals surface area contributed by atoms with E-state index >= 15 is 0 Å². The number of imidazole rings is 1. The summed E-state index contributed by atoms with van der Waals surface area (Å²) in [5.41, 5.74) is 7.94. The van der Waals surface area contributed by atoms with Crippen LogP contribution in [0.4, 0.5) is 0 Å². The number of fused-ring (bicyclic) bond motifs is 8. The first kappa shape index (κ1) is 27.5. The van der Waals surface area contributed by atoms with Crippen LogP contribution in [0.5, 0.6) is 11.5 Å². The molecular weight excluding hydrogens is 738 g/mol. The number of ether oxygens (including phenoxy) is 1. The van der Waals surface area contributed by atoms with Gasteiger partial charge in [0, 0.05) is 29.4 Å². The number of pyridine rings is 2. The molecule has 0 unspecified atom stereocenters. The van der Waals surface area contributed by atoms with Crippen LogP contribution in [0, 0.1) is 12.1 Å². The number of rotatable bonds is 4. The first-order valence-electron chi connectivity index (χ1n) is 14.6. The summed E-state index contributed by atoms with van der Waals surface area (Å²) in [6.45, 7) is 4.50. The third kappa shape index (κ3) is 4.17. The zero-order valence-electron chi connectivity index (χ0n) is 24.4. The van der Waals surface area contributed by atoms with Gasteiger partial charge in [-0.3, -0.25) is 4.57 Å². The largest absolute Gasteiger partial charge is 2.00 e. The Bertz CT molecular complexity index is 2390. The van der Waals surface area contributed by atoms with Crippen molar-refractivity contribution in [2.75, 3.05) is 0 Å². The quantitative estimate of drug-likeness (QED) is 0.169. The normalized spacial score (nSPS) is 13.1. The van der Waals surface area contributed by atoms with Gasteiger partial charge in [0.05, 0.1) is 22.1 Å². The van der Waals surface area contributed by atoms with Crippen molar-refractivity contribution >= 4 is 32.8 Å². The van der Waals surface area contributed by atoms with E-state index in [9.17, 15) is 0 Å². The molecule has 4 aromatic heterocycles. The number of benzene rings is 4. The molecule has 0 saturated carbocycles. The Morgan fingerprint density at radius 2 is 1.49 bits per heavy atom. The van der Waals surface area contributed by atoms with Gasteiger partial charge in [-0.1, -0.05) is 48.0 Å². The summed E-state index contributed by atoms with van der Waals surface area (Å²) >= 11 is 0. The smallest absolute Gasteiger partial charge is 0.503 e. The van der Waals surface area contributed by atoms with Crippen LogP contribution in [0.2, 0.25) is 0 Å². The molecule has 0 amide bonds. The molecule has 0 spiro atoms. The van der Waals surface area contributed by atoms with Crippen LogP contribution in [0.25, 0.3) is 55.6 Å². The van der Waals surface area contributed by atoms with E-state index in [4.69, 9.17) is 14.7 Å². The standard InChI is InChI=1S/C38H25N5O.Pt/c1-38(2)29-12-3-4-14-32(29)43-35-22-28-27-17-16-26(44-25-11-9-10-24(20-25)30-13-5-7-18-39-30)21-33(27)42(36-15-6-8-19-40-36)34(28)23-31(35)41-37(38)43;/h3-19,22-23H,1-2H3;/q-2;+2. The monoisotopic (exact) mass is 762 g/mol. The Balaban J connectivity index is 0.00000300. The Kier molecular flexibility index (Phi) is 6.26. The summed E-state index contributed by atoms with van der Waals surface area (Å²) in [6, 6.07) is 41.6. The summed E-state index contributed by atoms with van der Waals surface area (Å²) in [5.74, 6) is 3.05. The summed E-state index contributed by atoms with van der Waals surface area (Å²) < 4.78 is 10.8. The minimum absolute atomic E-state index is 0. The number of nitrogens with zero attached hydrogens (tertiary/aromatic N) is 5. The van der Waals surface area contributed by atoms with E-state index in [1.54, 1.807) is 6.20 Å². The van der Waals surface area contributed by atoms with E-state index in [0.29, 0.717) is 11.5 Å². The molecule has 0 N–H and O–H groups in total.